The molecule has 1 heterocycles. The first-order chi connectivity index (χ1) is 12.8. The van der Waals surface area contributed by atoms with Crippen molar-refractivity contribution in [2.24, 2.45) is 0 Å². The smallest absolute Gasteiger partial charge is 0.189 e. The molecule has 2 aromatic rings. The molecule has 0 unspecified atom stereocenters. The van der Waals surface area contributed by atoms with E-state index in [9.17, 15) is 4.79 Å². The van der Waals surface area contributed by atoms with Crippen molar-refractivity contribution in [2.45, 2.75) is 19.4 Å². The molecule has 4 nitrogen and oxygen atoms in total. The van der Waals surface area contributed by atoms with Gasteiger partial charge in [0.05, 0.1) is 18.2 Å². The normalized spacial score (nSPS) is 14.6. The van der Waals surface area contributed by atoms with Gasteiger partial charge in [-0.2, -0.15) is 0 Å². The number of carbonyl (C=O) groups excluding carboxylic acids is 1. The lowest BCUT2D eigenvalue weighted by Gasteiger charge is -2.29. The molecule has 1 aliphatic rings. The zero-order valence-corrected chi connectivity index (χ0v) is 16.4. The minimum absolute atomic E-state index is 0.100. The van der Waals surface area contributed by atoms with Crippen LogP contribution in [0.2, 0.25) is 0 Å². The molecule has 3 rings (SSSR count). The maximum absolute atomic E-state index is 12.8. The van der Waals surface area contributed by atoms with Gasteiger partial charge in [0.25, 0.3) is 0 Å². The Hall–Kier alpha value is -3.01. The monoisotopic (exact) mass is 363 g/mol. The molecule has 0 radical (unpaired) electrons. The quantitative estimate of drug-likeness (QED) is 0.563. The molecule has 0 fully saturated rings. The molecular weight excluding hydrogens is 338 g/mol. The summed E-state index contributed by atoms with van der Waals surface area (Å²) in [5, 5.41) is 0. The highest BCUT2D eigenvalue weighted by atomic mass is 16.5. The second-order valence-electron chi connectivity index (χ2n) is 7.28. The van der Waals surface area contributed by atoms with Gasteiger partial charge in [-0.15, -0.1) is 0 Å². The van der Waals surface area contributed by atoms with E-state index in [0.717, 1.165) is 16.8 Å². The van der Waals surface area contributed by atoms with Crippen LogP contribution in [0.5, 0.6) is 11.5 Å². The first kappa shape index (κ1) is 18.8. The number of methoxy groups -OCH3 is 1. The standard InChI is InChI=1S/C23H25NO3/c1-23(2)15-14-19-21(26-5)13-11-18(22(19)27-23)20(25)12-8-16-6-9-17(10-7-16)24(3)4/h6-15H,1-5H3. The van der Waals surface area contributed by atoms with Crippen LogP contribution in [-0.2, 0) is 0 Å². The van der Waals surface area contributed by atoms with E-state index >= 15 is 0 Å². The van der Waals surface area contributed by atoms with E-state index < -0.39 is 5.60 Å². The van der Waals surface area contributed by atoms with Gasteiger partial charge < -0.3 is 14.4 Å². The van der Waals surface area contributed by atoms with Crippen molar-refractivity contribution in [1.82, 2.24) is 0 Å². The molecule has 1 aliphatic heterocycles. The van der Waals surface area contributed by atoms with Gasteiger partial charge in [-0.05, 0) is 61.9 Å². The average Bonchev–Trinajstić information content (AvgIpc) is 2.64. The van der Waals surface area contributed by atoms with Gasteiger partial charge in [0.2, 0.25) is 0 Å². The van der Waals surface area contributed by atoms with E-state index in [2.05, 4.69) is 0 Å². The molecule has 0 atom stereocenters. The lowest BCUT2D eigenvalue weighted by atomic mass is 9.97. The summed E-state index contributed by atoms with van der Waals surface area (Å²) in [4.78, 5) is 14.9. The van der Waals surface area contributed by atoms with Gasteiger partial charge in [0.1, 0.15) is 17.1 Å². The zero-order chi connectivity index (χ0) is 19.6. The molecule has 4 heteroatoms. The first-order valence-electron chi connectivity index (χ1n) is 8.90. The third kappa shape index (κ3) is 4.05. The SMILES string of the molecule is COc1ccc(C(=O)C=Cc2ccc(N(C)C)cc2)c2c1C=CC(C)(C)O2. The van der Waals surface area contributed by atoms with Crippen LogP contribution in [0.1, 0.15) is 35.3 Å². The fraction of sp³-hybridized carbons (Fsp3) is 0.261. The summed E-state index contributed by atoms with van der Waals surface area (Å²) in [5.41, 5.74) is 2.94. The Kier molecular flexibility index (Phi) is 5.08. The Morgan fingerprint density at radius 1 is 1.11 bits per heavy atom. The third-order valence-corrected chi connectivity index (χ3v) is 4.49. The summed E-state index contributed by atoms with van der Waals surface area (Å²) in [7, 11) is 5.61. The van der Waals surface area contributed by atoms with E-state index in [-0.39, 0.29) is 5.78 Å². The number of ether oxygens (including phenoxy) is 2. The van der Waals surface area contributed by atoms with E-state index in [1.165, 1.54) is 0 Å². The number of fused-ring (bicyclic) bond motifs is 1. The highest BCUT2D eigenvalue weighted by Crippen LogP contribution is 2.39. The van der Waals surface area contributed by atoms with Crippen molar-refractivity contribution in [3.05, 3.63) is 65.2 Å². The van der Waals surface area contributed by atoms with Gasteiger partial charge >= 0.3 is 0 Å². The number of hydrogen-bond acceptors (Lipinski definition) is 4. The summed E-state index contributed by atoms with van der Waals surface area (Å²) in [5.74, 6) is 1.16. The number of rotatable bonds is 5. The van der Waals surface area contributed by atoms with Crippen LogP contribution >= 0.6 is 0 Å². The highest BCUT2D eigenvalue weighted by Gasteiger charge is 2.27. The van der Waals surface area contributed by atoms with Crippen molar-refractivity contribution < 1.29 is 14.3 Å². The van der Waals surface area contributed by atoms with Crippen molar-refractivity contribution in [1.29, 1.82) is 0 Å². The van der Waals surface area contributed by atoms with Crippen LogP contribution in [0.25, 0.3) is 12.2 Å². The lowest BCUT2D eigenvalue weighted by Crippen LogP contribution is -2.28. The van der Waals surface area contributed by atoms with E-state index in [1.807, 2.05) is 75.3 Å². The number of benzene rings is 2. The second-order valence-corrected chi connectivity index (χ2v) is 7.28. The number of allylic oxidation sites excluding steroid dienone is 1. The van der Waals surface area contributed by atoms with Crippen LogP contribution in [-0.4, -0.2) is 32.6 Å². The third-order valence-electron chi connectivity index (χ3n) is 4.49. The Morgan fingerprint density at radius 2 is 1.81 bits per heavy atom. The lowest BCUT2D eigenvalue weighted by molar-refractivity contribution is 0.103. The van der Waals surface area contributed by atoms with Crippen LogP contribution < -0.4 is 14.4 Å². The van der Waals surface area contributed by atoms with Crippen LogP contribution in [0.4, 0.5) is 5.69 Å². The van der Waals surface area contributed by atoms with Gasteiger partial charge in [0, 0.05) is 19.8 Å². The first-order valence-corrected chi connectivity index (χ1v) is 8.90. The minimum atomic E-state index is -0.472. The summed E-state index contributed by atoms with van der Waals surface area (Å²) in [6, 6.07) is 11.6. The molecule has 0 bridgehead atoms. The number of anilines is 1. The molecule has 2 aromatic carbocycles. The second kappa shape index (κ2) is 7.31. The maximum atomic E-state index is 12.8. The molecule has 0 N–H and O–H groups in total. The minimum Gasteiger partial charge on any atom is -0.496 e. The molecule has 0 amide bonds. The number of nitrogens with zero attached hydrogens (tertiary/aromatic N) is 1. The molecule has 0 saturated heterocycles. The molecule has 0 spiro atoms. The van der Waals surface area contributed by atoms with Crippen molar-refractivity contribution >= 4 is 23.6 Å². The predicted molar refractivity (Wildman–Crippen MR) is 111 cm³/mol. The molecule has 0 aromatic heterocycles. The van der Waals surface area contributed by atoms with Gasteiger partial charge in [0.15, 0.2) is 5.78 Å². The van der Waals surface area contributed by atoms with Crippen molar-refractivity contribution in [3.63, 3.8) is 0 Å². The number of hydrogen-bond donors (Lipinski definition) is 0. The maximum Gasteiger partial charge on any atom is 0.189 e. The molecular formula is C23H25NO3. The van der Waals surface area contributed by atoms with Gasteiger partial charge in [-0.1, -0.05) is 18.2 Å². The fourth-order valence-electron chi connectivity index (χ4n) is 2.95. The number of carbonyl (C=O) groups is 1. The van der Waals surface area contributed by atoms with E-state index in [4.69, 9.17) is 9.47 Å². The Bertz CT molecular complexity index is 906. The Balaban J connectivity index is 1.90. The highest BCUT2D eigenvalue weighted by molar-refractivity contribution is 6.09. The van der Waals surface area contributed by atoms with Crippen molar-refractivity contribution in [2.75, 3.05) is 26.1 Å². The summed E-state index contributed by atoms with van der Waals surface area (Å²) < 4.78 is 11.5. The van der Waals surface area contributed by atoms with Crippen molar-refractivity contribution in [3.8, 4) is 11.5 Å². The number of ketones is 1. The van der Waals surface area contributed by atoms with E-state index in [0.29, 0.717) is 17.1 Å². The van der Waals surface area contributed by atoms with Gasteiger partial charge in [-0.3, -0.25) is 4.79 Å². The molecule has 0 aliphatic carbocycles. The topological polar surface area (TPSA) is 38.8 Å². The van der Waals surface area contributed by atoms with E-state index in [1.54, 1.807) is 25.3 Å². The predicted octanol–water partition coefficient (Wildman–Crippen LogP) is 4.84. The summed E-state index contributed by atoms with van der Waals surface area (Å²) in [6.07, 6.45) is 7.33. The summed E-state index contributed by atoms with van der Waals surface area (Å²) >= 11 is 0. The van der Waals surface area contributed by atoms with Crippen LogP contribution in [0, 0.1) is 0 Å². The zero-order valence-electron chi connectivity index (χ0n) is 16.4. The fourth-order valence-corrected chi connectivity index (χ4v) is 2.95. The van der Waals surface area contributed by atoms with Gasteiger partial charge in [-0.25, -0.2) is 0 Å². The molecule has 140 valence electrons. The van der Waals surface area contributed by atoms with Crippen LogP contribution in [0.3, 0.4) is 0 Å². The average molecular weight is 363 g/mol. The van der Waals surface area contributed by atoms with Crippen LogP contribution in [0.15, 0.2) is 48.6 Å². The summed E-state index contributed by atoms with van der Waals surface area (Å²) in [6.45, 7) is 3.92. The Labute approximate surface area is 160 Å². The Morgan fingerprint density at radius 3 is 2.44 bits per heavy atom. The molecule has 0 saturated carbocycles. The molecule has 27 heavy (non-hydrogen) atoms. The largest absolute Gasteiger partial charge is 0.496 e.